The molecule has 0 bridgehead atoms. The van der Waals surface area contributed by atoms with E-state index in [1.54, 1.807) is 6.07 Å². The van der Waals surface area contributed by atoms with Gasteiger partial charge in [0.15, 0.2) is 11.5 Å². The number of furan rings is 1. The maximum atomic E-state index is 11.1. The number of rotatable bonds is 2. The molecule has 1 aromatic heterocycles. The zero-order valence-electron chi connectivity index (χ0n) is 9.70. The number of carbonyl (C=O) groups excluding carboxylic acids is 1. The van der Waals surface area contributed by atoms with Crippen LogP contribution in [-0.4, -0.2) is 5.78 Å². The third-order valence-electron chi connectivity index (χ3n) is 2.82. The molecule has 0 saturated heterocycles. The highest BCUT2D eigenvalue weighted by atomic mass is 16.3. The van der Waals surface area contributed by atoms with Gasteiger partial charge >= 0.3 is 0 Å². The first-order chi connectivity index (χ1) is 7.59. The largest absolute Gasteiger partial charge is 0.453 e. The number of hydrogen-bond acceptors (Lipinski definition) is 2. The van der Waals surface area contributed by atoms with Crippen molar-refractivity contribution < 1.29 is 9.21 Å². The molecule has 0 fully saturated rings. The van der Waals surface area contributed by atoms with Crippen molar-refractivity contribution in [1.29, 1.82) is 0 Å². The molecule has 1 heterocycles. The molecule has 16 heavy (non-hydrogen) atoms. The molecule has 0 aliphatic heterocycles. The van der Waals surface area contributed by atoms with Crippen LogP contribution in [0.25, 0.3) is 11.3 Å². The zero-order valence-corrected chi connectivity index (χ0v) is 9.70. The van der Waals surface area contributed by atoms with Gasteiger partial charge in [-0.05, 0) is 37.1 Å². The van der Waals surface area contributed by atoms with Crippen LogP contribution < -0.4 is 0 Å². The predicted octanol–water partition coefficient (Wildman–Crippen LogP) is 3.77. The lowest BCUT2D eigenvalue weighted by Gasteiger charge is -2.05. The highest BCUT2D eigenvalue weighted by Gasteiger charge is 2.10. The molecule has 2 heteroatoms. The van der Waals surface area contributed by atoms with E-state index in [2.05, 4.69) is 19.9 Å². The number of carbonyl (C=O) groups is 1. The van der Waals surface area contributed by atoms with Crippen molar-refractivity contribution in [2.24, 2.45) is 0 Å². The number of hydrogen-bond donors (Lipinski definition) is 0. The zero-order chi connectivity index (χ0) is 11.7. The quantitative estimate of drug-likeness (QED) is 0.712. The topological polar surface area (TPSA) is 30.2 Å². The fraction of sp³-hybridized carbons (Fsp3) is 0.214. The van der Waals surface area contributed by atoms with E-state index in [4.69, 9.17) is 4.42 Å². The summed E-state index contributed by atoms with van der Waals surface area (Å²) in [5.41, 5.74) is 3.46. The summed E-state index contributed by atoms with van der Waals surface area (Å²) in [4.78, 5) is 11.1. The van der Waals surface area contributed by atoms with E-state index < -0.39 is 0 Å². The Morgan fingerprint density at radius 1 is 1.12 bits per heavy atom. The molecule has 0 unspecified atom stereocenters. The van der Waals surface area contributed by atoms with Gasteiger partial charge < -0.3 is 4.42 Å². The SMILES string of the molecule is CC(=O)c1ccc(-c2cccc(C)c2C)o1. The van der Waals surface area contributed by atoms with E-state index in [1.165, 1.54) is 18.1 Å². The van der Waals surface area contributed by atoms with Crippen molar-refractivity contribution >= 4 is 5.78 Å². The Balaban J connectivity index is 2.50. The van der Waals surface area contributed by atoms with Crippen LogP contribution in [0.4, 0.5) is 0 Å². The van der Waals surface area contributed by atoms with E-state index in [-0.39, 0.29) is 5.78 Å². The number of ketones is 1. The molecule has 0 saturated carbocycles. The van der Waals surface area contributed by atoms with Crippen molar-refractivity contribution in [1.82, 2.24) is 0 Å². The van der Waals surface area contributed by atoms with Gasteiger partial charge in [0, 0.05) is 12.5 Å². The van der Waals surface area contributed by atoms with Crippen LogP contribution in [-0.2, 0) is 0 Å². The molecule has 0 radical (unpaired) electrons. The molecule has 2 aromatic rings. The predicted molar refractivity (Wildman–Crippen MR) is 63.6 cm³/mol. The standard InChI is InChI=1S/C14H14O2/c1-9-5-4-6-12(10(9)2)14-8-7-13(16-14)11(3)15/h4-8H,1-3H3. The molecule has 0 N–H and O–H groups in total. The van der Waals surface area contributed by atoms with Crippen LogP contribution in [0.3, 0.4) is 0 Å². The normalized spacial score (nSPS) is 10.4. The average molecular weight is 214 g/mol. The Morgan fingerprint density at radius 3 is 2.50 bits per heavy atom. The Kier molecular flexibility index (Phi) is 2.65. The summed E-state index contributed by atoms with van der Waals surface area (Å²) < 4.78 is 5.52. The highest BCUT2D eigenvalue weighted by Crippen LogP contribution is 2.27. The minimum Gasteiger partial charge on any atom is -0.453 e. The molecule has 0 spiro atoms. The smallest absolute Gasteiger partial charge is 0.194 e. The summed E-state index contributed by atoms with van der Waals surface area (Å²) in [6, 6.07) is 9.63. The van der Waals surface area contributed by atoms with Crippen LogP contribution >= 0.6 is 0 Å². The lowest BCUT2D eigenvalue weighted by atomic mass is 10.0. The fourth-order valence-electron chi connectivity index (χ4n) is 1.69. The van der Waals surface area contributed by atoms with E-state index in [0.29, 0.717) is 5.76 Å². The second-order valence-electron chi connectivity index (χ2n) is 3.97. The van der Waals surface area contributed by atoms with Gasteiger partial charge in [0.1, 0.15) is 5.76 Å². The van der Waals surface area contributed by atoms with Gasteiger partial charge in [-0.3, -0.25) is 4.79 Å². The second-order valence-corrected chi connectivity index (χ2v) is 3.97. The monoisotopic (exact) mass is 214 g/mol. The van der Waals surface area contributed by atoms with Gasteiger partial charge in [-0.15, -0.1) is 0 Å². The maximum absolute atomic E-state index is 11.1. The molecule has 0 amide bonds. The molecule has 0 aliphatic carbocycles. The molecule has 1 aromatic carbocycles. The maximum Gasteiger partial charge on any atom is 0.194 e. The van der Waals surface area contributed by atoms with Gasteiger partial charge in [-0.2, -0.15) is 0 Å². The van der Waals surface area contributed by atoms with Gasteiger partial charge in [-0.1, -0.05) is 18.2 Å². The van der Waals surface area contributed by atoms with E-state index in [1.807, 2.05) is 18.2 Å². The first-order valence-electron chi connectivity index (χ1n) is 5.27. The first-order valence-corrected chi connectivity index (χ1v) is 5.27. The summed E-state index contributed by atoms with van der Waals surface area (Å²) in [6.07, 6.45) is 0. The Labute approximate surface area is 94.9 Å². The van der Waals surface area contributed by atoms with Crippen LogP contribution in [0.2, 0.25) is 0 Å². The number of aryl methyl sites for hydroxylation is 1. The van der Waals surface area contributed by atoms with E-state index in [9.17, 15) is 4.79 Å². The minimum absolute atomic E-state index is 0.0449. The van der Waals surface area contributed by atoms with Crippen molar-refractivity contribution in [3.05, 3.63) is 47.2 Å². The summed E-state index contributed by atoms with van der Waals surface area (Å²) in [5.74, 6) is 1.12. The molecule has 0 atom stereocenters. The van der Waals surface area contributed by atoms with Gasteiger partial charge in [0.2, 0.25) is 0 Å². The van der Waals surface area contributed by atoms with Crippen LogP contribution in [0.1, 0.15) is 28.6 Å². The van der Waals surface area contributed by atoms with E-state index in [0.717, 1.165) is 11.3 Å². The van der Waals surface area contributed by atoms with E-state index >= 15 is 0 Å². The lowest BCUT2D eigenvalue weighted by molar-refractivity contribution is 0.0988. The van der Waals surface area contributed by atoms with Crippen LogP contribution in [0.5, 0.6) is 0 Å². The van der Waals surface area contributed by atoms with Gasteiger partial charge in [-0.25, -0.2) is 0 Å². The number of Topliss-reactive ketones (excluding diaryl/α,β-unsaturated/α-hetero) is 1. The molecule has 0 aliphatic rings. The average Bonchev–Trinajstić information content (AvgIpc) is 2.71. The third kappa shape index (κ3) is 1.78. The van der Waals surface area contributed by atoms with Crippen molar-refractivity contribution in [2.75, 3.05) is 0 Å². The summed E-state index contributed by atoms with van der Waals surface area (Å²) in [5, 5.41) is 0. The number of benzene rings is 1. The van der Waals surface area contributed by atoms with Crippen molar-refractivity contribution in [2.45, 2.75) is 20.8 Å². The molecule has 82 valence electrons. The first kappa shape index (κ1) is 10.7. The van der Waals surface area contributed by atoms with Crippen LogP contribution in [0.15, 0.2) is 34.7 Å². The molecule has 2 nitrogen and oxygen atoms in total. The molecule has 2 rings (SSSR count). The summed E-state index contributed by atoms with van der Waals surface area (Å²) in [6.45, 7) is 5.62. The molecular weight excluding hydrogens is 200 g/mol. The van der Waals surface area contributed by atoms with Gasteiger partial charge in [0.05, 0.1) is 0 Å². The van der Waals surface area contributed by atoms with Crippen LogP contribution in [0, 0.1) is 13.8 Å². The fourth-order valence-corrected chi connectivity index (χ4v) is 1.69. The van der Waals surface area contributed by atoms with Gasteiger partial charge in [0.25, 0.3) is 0 Å². The molecular formula is C14H14O2. The minimum atomic E-state index is -0.0449. The second kappa shape index (κ2) is 3.97. The lowest BCUT2D eigenvalue weighted by Crippen LogP contribution is -1.87. The van der Waals surface area contributed by atoms with Crippen molar-refractivity contribution in [3.8, 4) is 11.3 Å². The summed E-state index contributed by atoms with van der Waals surface area (Å²) >= 11 is 0. The summed E-state index contributed by atoms with van der Waals surface area (Å²) in [7, 11) is 0. The third-order valence-corrected chi connectivity index (χ3v) is 2.82. The Hall–Kier alpha value is -1.83. The Bertz CT molecular complexity index is 535. The highest BCUT2D eigenvalue weighted by molar-refractivity contribution is 5.91. The van der Waals surface area contributed by atoms with Crippen molar-refractivity contribution in [3.63, 3.8) is 0 Å². The Morgan fingerprint density at radius 2 is 1.88 bits per heavy atom.